The molecule has 8 heteroatoms. The molecule has 1 aliphatic heterocycles. The van der Waals surface area contributed by atoms with Gasteiger partial charge in [-0.3, -0.25) is 9.10 Å². The number of anilines is 1. The predicted molar refractivity (Wildman–Crippen MR) is 106 cm³/mol. The van der Waals surface area contributed by atoms with Crippen molar-refractivity contribution >= 4 is 44.4 Å². The lowest BCUT2D eigenvalue weighted by Gasteiger charge is -2.18. The molecule has 2 aromatic carbocycles. The molecule has 140 valence electrons. The number of sulfonamides is 1. The molecule has 4 rings (SSSR count). The van der Waals surface area contributed by atoms with Crippen molar-refractivity contribution in [1.82, 2.24) is 4.98 Å². The maximum atomic E-state index is 12.5. The van der Waals surface area contributed by atoms with Crippen LogP contribution in [0.3, 0.4) is 0 Å². The molecule has 0 amide bonds. The Labute approximate surface area is 161 Å². The highest BCUT2D eigenvalue weighted by Crippen LogP contribution is 2.32. The van der Waals surface area contributed by atoms with Gasteiger partial charge in [0.2, 0.25) is 10.0 Å². The number of carbonyl (C=O) groups excluding carboxylic acids is 1. The largest absolute Gasteiger partial charge is 0.431 e. The van der Waals surface area contributed by atoms with Crippen molar-refractivity contribution in [1.29, 1.82) is 0 Å². The van der Waals surface area contributed by atoms with Crippen LogP contribution < -0.4 is 4.31 Å². The van der Waals surface area contributed by atoms with Gasteiger partial charge in [-0.05, 0) is 49.2 Å². The highest BCUT2D eigenvalue weighted by molar-refractivity contribution is 7.99. The van der Waals surface area contributed by atoms with Gasteiger partial charge in [0.05, 0.1) is 17.2 Å². The lowest BCUT2D eigenvalue weighted by Crippen LogP contribution is -2.30. The van der Waals surface area contributed by atoms with Gasteiger partial charge < -0.3 is 4.42 Å². The number of benzene rings is 2. The normalized spacial score (nSPS) is 13.9. The second kappa shape index (κ2) is 7.01. The van der Waals surface area contributed by atoms with Crippen molar-refractivity contribution in [3.63, 3.8) is 0 Å². The second-order valence-electron chi connectivity index (χ2n) is 6.23. The zero-order valence-electron chi connectivity index (χ0n) is 14.7. The van der Waals surface area contributed by atoms with Gasteiger partial charge >= 0.3 is 0 Å². The number of rotatable bonds is 6. The van der Waals surface area contributed by atoms with Crippen LogP contribution in [0.5, 0.6) is 0 Å². The van der Waals surface area contributed by atoms with E-state index in [2.05, 4.69) is 4.98 Å². The summed E-state index contributed by atoms with van der Waals surface area (Å²) in [6, 6.07) is 12.7. The molecule has 0 saturated heterocycles. The summed E-state index contributed by atoms with van der Waals surface area (Å²) in [7, 11) is -3.28. The zero-order chi connectivity index (χ0) is 19.0. The third-order valence-electron chi connectivity index (χ3n) is 4.56. The number of fused-ring (bicyclic) bond motifs is 2. The standard InChI is InChI=1S/C19H18N2O4S2/c1-2-27(23,24)21-10-9-13-11-14(7-8-16(13)21)17(22)12-26-19-20-15-5-3-4-6-18(15)25-19/h3-8,11H,2,9-10,12H2,1H3. The average Bonchev–Trinajstić information content (AvgIpc) is 3.29. The minimum Gasteiger partial charge on any atom is -0.431 e. The van der Waals surface area contributed by atoms with Crippen LogP contribution in [0.25, 0.3) is 11.1 Å². The van der Waals surface area contributed by atoms with Crippen molar-refractivity contribution < 1.29 is 17.6 Å². The molecule has 3 aromatic rings. The summed E-state index contributed by atoms with van der Waals surface area (Å²) in [5.74, 6) is 0.235. The lowest BCUT2D eigenvalue weighted by molar-refractivity contribution is 0.102. The van der Waals surface area contributed by atoms with Crippen LogP contribution in [0, 0.1) is 0 Å². The minimum absolute atomic E-state index is 0.0399. The van der Waals surface area contributed by atoms with Crippen LogP contribution in [-0.4, -0.2) is 37.2 Å². The summed E-state index contributed by atoms with van der Waals surface area (Å²) in [6.45, 7) is 2.06. The van der Waals surface area contributed by atoms with Crippen LogP contribution in [-0.2, 0) is 16.4 Å². The quantitative estimate of drug-likeness (QED) is 0.464. The van der Waals surface area contributed by atoms with Crippen molar-refractivity contribution in [3.8, 4) is 0 Å². The van der Waals surface area contributed by atoms with E-state index in [1.54, 1.807) is 25.1 Å². The predicted octanol–water partition coefficient (Wildman–Crippen LogP) is 3.52. The van der Waals surface area contributed by atoms with Crippen LogP contribution in [0.2, 0.25) is 0 Å². The molecule has 1 aliphatic rings. The fourth-order valence-corrected chi connectivity index (χ4v) is 5.00. The Bertz CT molecular complexity index is 1090. The maximum Gasteiger partial charge on any atom is 0.257 e. The number of thioether (sulfide) groups is 1. The van der Waals surface area contributed by atoms with E-state index in [0.29, 0.717) is 35.0 Å². The van der Waals surface area contributed by atoms with Crippen LogP contribution in [0.1, 0.15) is 22.8 Å². The molecule has 0 unspecified atom stereocenters. The summed E-state index contributed by atoms with van der Waals surface area (Å²) < 4.78 is 31.4. The number of hydrogen-bond donors (Lipinski definition) is 0. The Morgan fingerprint density at radius 3 is 2.85 bits per heavy atom. The topological polar surface area (TPSA) is 80.5 Å². The number of aromatic nitrogens is 1. The van der Waals surface area contributed by atoms with E-state index in [1.165, 1.54) is 16.1 Å². The van der Waals surface area contributed by atoms with Crippen LogP contribution in [0.4, 0.5) is 5.69 Å². The first-order chi connectivity index (χ1) is 13.0. The number of para-hydroxylation sites is 2. The van der Waals surface area contributed by atoms with Gasteiger partial charge in [-0.2, -0.15) is 0 Å². The molecule has 0 saturated carbocycles. The van der Waals surface area contributed by atoms with Crippen molar-refractivity contribution in [3.05, 3.63) is 53.6 Å². The summed E-state index contributed by atoms with van der Waals surface area (Å²) >= 11 is 1.26. The molecule has 0 bridgehead atoms. The van der Waals surface area contributed by atoms with E-state index in [-0.39, 0.29) is 17.3 Å². The number of carbonyl (C=O) groups is 1. The third kappa shape index (κ3) is 3.46. The summed E-state index contributed by atoms with van der Waals surface area (Å²) in [6.07, 6.45) is 0.619. The number of hydrogen-bond acceptors (Lipinski definition) is 6. The van der Waals surface area contributed by atoms with Gasteiger partial charge in [0.25, 0.3) is 5.22 Å². The third-order valence-corrected chi connectivity index (χ3v) is 7.16. The van der Waals surface area contributed by atoms with Gasteiger partial charge in [0.1, 0.15) is 5.52 Å². The van der Waals surface area contributed by atoms with E-state index in [0.717, 1.165) is 11.1 Å². The van der Waals surface area contributed by atoms with Crippen molar-refractivity contribution in [2.75, 3.05) is 22.4 Å². The van der Waals surface area contributed by atoms with E-state index in [9.17, 15) is 13.2 Å². The zero-order valence-corrected chi connectivity index (χ0v) is 16.3. The van der Waals surface area contributed by atoms with Crippen LogP contribution in [0.15, 0.2) is 52.1 Å². The number of oxazole rings is 1. The summed E-state index contributed by atoms with van der Waals surface area (Å²) in [4.78, 5) is 16.9. The molecule has 0 N–H and O–H groups in total. The number of ketones is 1. The Morgan fingerprint density at radius 2 is 2.07 bits per heavy atom. The number of Topliss-reactive ketones (excluding diaryl/α,β-unsaturated/α-hetero) is 1. The summed E-state index contributed by atoms with van der Waals surface area (Å²) in [5, 5.41) is 0.464. The maximum absolute atomic E-state index is 12.5. The van der Waals surface area contributed by atoms with Gasteiger partial charge in [0.15, 0.2) is 11.4 Å². The Hall–Kier alpha value is -2.32. The number of nitrogens with zero attached hydrogens (tertiary/aromatic N) is 2. The van der Waals surface area contributed by atoms with Crippen LogP contribution >= 0.6 is 11.8 Å². The monoisotopic (exact) mass is 402 g/mol. The average molecular weight is 402 g/mol. The fraction of sp³-hybridized carbons (Fsp3) is 0.263. The first-order valence-corrected chi connectivity index (χ1v) is 11.2. The highest BCUT2D eigenvalue weighted by Gasteiger charge is 2.28. The van der Waals surface area contributed by atoms with Crippen molar-refractivity contribution in [2.24, 2.45) is 0 Å². The van der Waals surface area contributed by atoms with Gasteiger partial charge in [-0.15, -0.1) is 0 Å². The molecule has 6 nitrogen and oxygen atoms in total. The second-order valence-corrected chi connectivity index (χ2v) is 9.33. The fourth-order valence-electron chi connectivity index (χ4n) is 3.11. The van der Waals surface area contributed by atoms with E-state index < -0.39 is 10.0 Å². The molecule has 0 aliphatic carbocycles. The van der Waals surface area contributed by atoms with Gasteiger partial charge in [-0.1, -0.05) is 23.9 Å². The molecular weight excluding hydrogens is 384 g/mol. The lowest BCUT2D eigenvalue weighted by atomic mass is 10.1. The molecule has 0 fully saturated rings. The van der Waals surface area contributed by atoms with Gasteiger partial charge in [-0.25, -0.2) is 13.4 Å². The van der Waals surface area contributed by atoms with E-state index >= 15 is 0 Å². The smallest absolute Gasteiger partial charge is 0.257 e. The van der Waals surface area contributed by atoms with Crippen molar-refractivity contribution in [2.45, 2.75) is 18.6 Å². The van der Waals surface area contributed by atoms with E-state index in [4.69, 9.17) is 4.42 Å². The van der Waals surface area contributed by atoms with E-state index in [1.807, 2.05) is 24.3 Å². The highest BCUT2D eigenvalue weighted by atomic mass is 32.2. The summed E-state index contributed by atoms with van der Waals surface area (Å²) in [5.41, 5.74) is 3.61. The molecule has 2 heterocycles. The SMILES string of the molecule is CCS(=O)(=O)N1CCc2cc(C(=O)CSc3nc4ccccc4o3)ccc21. The molecular formula is C19H18N2O4S2. The molecule has 27 heavy (non-hydrogen) atoms. The molecule has 1 aromatic heterocycles. The van der Waals surface area contributed by atoms with Gasteiger partial charge in [0, 0.05) is 12.1 Å². The first kappa shape index (κ1) is 18.1. The molecule has 0 atom stereocenters. The molecule has 0 radical (unpaired) electrons. The Kier molecular flexibility index (Phi) is 4.69. The Balaban J connectivity index is 1.48. The minimum atomic E-state index is -3.28. The Morgan fingerprint density at radius 1 is 1.26 bits per heavy atom. The first-order valence-electron chi connectivity index (χ1n) is 8.63. The molecule has 0 spiro atoms.